The fourth-order valence-corrected chi connectivity index (χ4v) is 3.65. The zero-order chi connectivity index (χ0) is 20.2. The van der Waals surface area contributed by atoms with Crippen LogP contribution in [0, 0.1) is 18.6 Å². The maximum absolute atomic E-state index is 13.5. The number of fused-ring (bicyclic) bond motifs is 1. The lowest BCUT2D eigenvalue weighted by Crippen LogP contribution is -2.47. The zero-order valence-corrected chi connectivity index (χ0v) is 15.1. The molecule has 3 aromatic rings. The van der Waals surface area contributed by atoms with Gasteiger partial charge in [-0.3, -0.25) is 0 Å². The van der Waals surface area contributed by atoms with Crippen LogP contribution in [0.4, 0.5) is 8.78 Å². The summed E-state index contributed by atoms with van der Waals surface area (Å²) in [5, 5.41) is 32.9. The van der Waals surface area contributed by atoms with Crippen LogP contribution in [0.3, 0.4) is 0 Å². The predicted molar refractivity (Wildman–Crippen MR) is 94.1 cm³/mol. The van der Waals surface area contributed by atoms with Crippen molar-refractivity contribution in [2.45, 2.75) is 44.0 Å². The fourth-order valence-electron chi connectivity index (χ4n) is 3.65. The van der Waals surface area contributed by atoms with Crippen molar-refractivity contribution >= 4 is 11.0 Å². The highest BCUT2D eigenvalue weighted by molar-refractivity contribution is 5.78. The lowest BCUT2D eigenvalue weighted by atomic mass is 9.88. The van der Waals surface area contributed by atoms with Crippen LogP contribution >= 0.6 is 0 Å². The molecular formula is C19H19F2N3O4. The minimum Gasteiger partial charge on any atom is -0.386 e. The van der Waals surface area contributed by atoms with Crippen LogP contribution in [0.2, 0.25) is 0 Å². The number of halogens is 2. The predicted octanol–water partition coefficient (Wildman–Crippen LogP) is 1.76. The summed E-state index contributed by atoms with van der Waals surface area (Å²) in [5.74, 6) is -1.74. The smallest absolute Gasteiger partial charge is 0.164 e. The van der Waals surface area contributed by atoms with E-state index in [2.05, 4.69) is 9.97 Å². The molecular weight excluding hydrogens is 372 g/mol. The van der Waals surface area contributed by atoms with Crippen molar-refractivity contribution in [1.82, 2.24) is 14.5 Å². The number of hydrogen-bond donors (Lipinski definition) is 3. The van der Waals surface area contributed by atoms with E-state index in [1.165, 1.54) is 17.8 Å². The number of aromatic nitrogens is 3. The maximum atomic E-state index is 13.5. The van der Waals surface area contributed by atoms with Crippen LogP contribution in [-0.4, -0.2) is 47.7 Å². The molecule has 7 nitrogen and oxygen atoms in total. The van der Waals surface area contributed by atoms with E-state index in [0.717, 1.165) is 23.2 Å². The molecule has 28 heavy (non-hydrogen) atoms. The summed E-state index contributed by atoms with van der Waals surface area (Å²) in [6.07, 6.45) is -2.41. The molecule has 5 atom stereocenters. The second-order valence-electron chi connectivity index (χ2n) is 7.18. The number of hydrogen-bond acceptors (Lipinski definition) is 6. The van der Waals surface area contributed by atoms with Crippen molar-refractivity contribution in [2.75, 3.05) is 0 Å². The van der Waals surface area contributed by atoms with E-state index in [0.29, 0.717) is 11.7 Å². The largest absolute Gasteiger partial charge is 0.386 e. The van der Waals surface area contributed by atoms with Gasteiger partial charge in [0.25, 0.3) is 0 Å². The van der Waals surface area contributed by atoms with Crippen LogP contribution in [0.1, 0.15) is 30.5 Å². The Labute approximate surface area is 158 Å². The van der Waals surface area contributed by atoms with E-state index < -0.39 is 41.8 Å². The summed E-state index contributed by atoms with van der Waals surface area (Å²) in [7, 11) is 0. The number of benzene rings is 1. The van der Waals surface area contributed by atoms with Crippen molar-refractivity contribution < 1.29 is 28.8 Å². The van der Waals surface area contributed by atoms with Crippen LogP contribution in [0.25, 0.3) is 11.0 Å². The van der Waals surface area contributed by atoms with Gasteiger partial charge >= 0.3 is 0 Å². The van der Waals surface area contributed by atoms with Crippen LogP contribution in [0.5, 0.6) is 0 Å². The van der Waals surface area contributed by atoms with Crippen LogP contribution < -0.4 is 0 Å². The van der Waals surface area contributed by atoms with E-state index in [1.54, 1.807) is 12.3 Å². The molecule has 0 spiro atoms. The molecule has 1 saturated heterocycles. The molecule has 0 bridgehead atoms. The average molecular weight is 391 g/mol. The Kier molecular flexibility index (Phi) is 4.42. The van der Waals surface area contributed by atoms with Gasteiger partial charge in [-0.25, -0.2) is 18.7 Å². The number of aryl methyl sites for hydroxylation is 1. The number of ether oxygens (including phenoxy) is 1. The Hall–Kier alpha value is -2.46. The molecule has 4 rings (SSSR count). The van der Waals surface area contributed by atoms with E-state index >= 15 is 0 Å². The first-order valence-electron chi connectivity index (χ1n) is 8.68. The van der Waals surface area contributed by atoms with Gasteiger partial charge in [-0.15, -0.1) is 0 Å². The van der Waals surface area contributed by atoms with Gasteiger partial charge in [-0.2, -0.15) is 0 Å². The Morgan fingerprint density at radius 2 is 1.89 bits per heavy atom. The Morgan fingerprint density at radius 3 is 2.57 bits per heavy atom. The molecule has 148 valence electrons. The highest BCUT2D eigenvalue weighted by atomic mass is 19.1. The maximum Gasteiger partial charge on any atom is 0.164 e. The molecule has 2 aromatic heterocycles. The first-order valence-corrected chi connectivity index (χ1v) is 8.68. The molecule has 0 radical (unpaired) electrons. The first-order chi connectivity index (χ1) is 13.2. The molecule has 0 amide bonds. The van der Waals surface area contributed by atoms with Gasteiger partial charge < -0.3 is 24.6 Å². The van der Waals surface area contributed by atoms with Gasteiger partial charge in [-0.05, 0) is 37.6 Å². The first kappa shape index (κ1) is 18.9. The normalized spacial score (nSPS) is 28.8. The fraction of sp³-hybridized carbons (Fsp3) is 0.368. The van der Waals surface area contributed by atoms with Crippen molar-refractivity contribution in [1.29, 1.82) is 0 Å². The highest BCUT2D eigenvalue weighted by Gasteiger charge is 2.55. The monoisotopic (exact) mass is 391 g/mol. The SMILES string of the molecule is Cc1ncnc2c1ccn2[C@@H]1O[C@H]([C@H](O)c2cc(F)cc(F)c2)[C@@](C)(O)[C@H]1O. The molecule has 9 heteroatoms. The molecule has 3 heterocycles. The number of aliphatic hydroxyl groups is 3. The van der Waals surface area contributed by atoms with Gasteiger partial charge in [0.1, 0.15) is 47.5 Å². The second-order valence-corrected chi connectivity index (χ2v) is 7.18. The molecule has 1 aliphatic rings. The molecule has 1 aromatic carbocycles. The van der Waals surface area contributed by atoms with Crippen LogP contribution in [0.15, 0.2) is 36.8 Å². The zero-order valence-electron chi connectivity index (χ0n) is 15.1. The summed E-state index contributed by atoms with van der Waals surface area (Å²) >= 11 is 0. The lowest BCUT2D eigenvalue weighted by Gasteiger charge is -2.29. The Balaban J connectivity index is 1.72. The molecule has 3 N–H and O–H groups in total. The number of rotatable bonds is 3. The Morgan fingerprint density at radius 1 is 1.21 bits per heavy atom. The second kappa shape index (κ2) is 6.56. The number of nitrogens with zero attached hydrogens (tertiary/aromatic N) is 3. The molecule has 1 fully saturated rings. The average Bonchev–Trinajstić information content (AvgIpc) is 3.14. The highest BCUT2D eigenvalue weighted by Crippen LogP contribution is 2.43. The van der Waals surface area contributed by atoms with Crippen molar-refractivity contribution in [3.05, 3.63) is 59.7 Å². The standard InChI is InChI=1S/C19H19F2N3O4/c1-9-13-3-4-24(17(13)23-8-22-9)18-15(26)19(2,27)16(28-18)14(25)10-5-11(20)7-12(21)6-10/h3-8,14-16,18,25-27H,1-2H3/t14-,15+,16-,18-,19+/m1/s1. The van der Waals surface area contributed by atoms with Gasteiger partial charge in [0, 0.05) is 17.6 Å². The van der Waals surface area contributed by atoms with Crippen LogP contribution in [-0.2, 0) is 4.74 Å². The summed E-state index contributed by atoms with van der Waals surface area (Å²) in [6, 6.07) is 4.33. The van der Waals surface area contributed by atoms with E-state index in [4.69, 9.17) is 4.74 Å². The van der Waals surface area contributed by atoms with Gasteiger partial charge in [-0.1, -0.05) is 0 Å². The van der Waals surface area contributed by atoms with E-state index in [-0.39, 0.29) is 5.56 Å². The summed E-state index contributed by atoms with van der Waals surface area (Å²) in [6.45, 7) is 3.11. The van der Waals surface area contributed by atoms with Crippen molar-refractivity contribution in [2.24, 2.45) is 0 Å². The minimum atomic E-state index is -1.90. The van der Waals surface area contributed by atoms with Gasteiger partial charge in [0.15, 0.2) is 6.23 Å². The molecule has 0 aliphatic carbocycles. The summed E-state index contributed by atoms with van der Waals surface area (Å²) in [5.41, 5.74) is -0.786. The summed E-state index contributed by atoms with van der Waals surface area (Å²) in [4.78, 5) is 8.30. The minimum absolute atomic E-state index is 0.105. The van der Waals surface area contributed by atoms with Gasteiger partial charge in [0.05, 0.1) is 5.69 Å². The van der Waals surface area contributed by atoms with E-state index in [1.807, 2.05) is 6.92 Å². The quantitative estimate of drug-likeness (QED) is 0.629. The lowest BCUT2D eigenvalue weighted by molar-refractivity contribution is -0.115. The Bertz CT molecular complexity index is 1020. The molecule has 1 aliphatic heterocycles. The topological polar surface area (TPSA) is 101 Å². The van der Waals surface area contributed by atoms with Gasteiger partial charge in [0.2, 0.25) is 0 Å². The molecule has 0 saturated carbocycles. The number of aliphatic hydroxyl groups excluding tert-OH is 2. The van der Waals surface area contributed by atoms with Crippen molar-refractivity contribution in [3.8, 4) is 0 Å². The third-order valence-electron chi connectivity index (χ3n) is 5.23. The summed E-state index contributed by atoms with van der Waals surface area (Å²) < 4.78 is 34.4. The third-order valence-corrected chi connectivity index (χ3v) is 5.23. The molecule has 0 unspecified atom stereocenters. The third kappa shape index (κ3) is 2.87. The van der Waals surface area contributed by atoms with E-state index in [9.17, 15) is 24.1 Å². The van der Waals surface area contributed by atoms with Crippen molar-refractivity contribution in [3.63, 3.8) is 0 Å².